The van der Waals surface area contributed by atoms with E-state index >= 15 is 0 Å². The second kappa shape index (κ2) is 5.29. The molecule has 0 fully saturated rings. The van der Waals surface area contributed by atoms with Gasteiger partial charge in [0.1, 0.15) is 5.94 Å². The SMILES string of the molecule is CC(=C=O)C(c1ccccc1)c1ccccc1. The first-order chi connectivity index (χ1) is 8.33. The largest absolute Gasteiger partial charge is 0.234 e. The summed E-state index contributed by atoms with van der Waals surface area (Å²) in [6.07, 6.45) is 0. The lowest BCUT2D eigenvalue weighted by Gasteiger charge is -2.16. The Morgan fingerprint density at radius 2 is 1.29 bits per heavy atom. The number of rotatable bonds is 3. The van der Waals surface area contributed by atoms with Crippen LogP contribution in [0.25, 0.3) is 0 Å². The van der Waals surface area contributed by atoms with Crippen molar-refractivity contribution in [1.82, 2.24) is 0 Å². The van der Waals surface area contributed by atoms with Gasteiger partial charge in [0, 0.05) is 11.5 Å². The van der Waals surface area contributed by atoms with Crippen molar-refractivity contribution in [2.45, 2.75) is 12.8 Å². The highest BCUT2D eigenvalue weighted by Gasteiger charge is 2.16. The third kappa shape index (κ3) is 2.52. The number of allylic oxidation sites excluding steroid dienone is 1. The van der Waals surface area contributed by atoms with Crippen LogP contribution in [-0.4, -0.2) is 5.94 Å². The molecule has 0 radical (unpaired) electrons. The molecule has 84 valence electrons. The van der Waals surface area contributed by atoms with Crippen molar-refractivity contribution in [2.24, 2.45) is 0 Å². The van der Waals surface area contributed by atoms with Crippen LogP contribution in [0.2, 0.25) is 0 Å². The Balaban J connectivity index is 2.51. The number of hydrogen-bond donors (Lipinski definition) is 0. The molecule has 1 heteroatoms. The first-order valence-corrected chi connectivity index (χ1v) is 5.64. The molecule has 0 bridgehead atoms. The van der Waals surface area contributed by atoms with E-state index in [0.29, 0.717) is 5.57 Å². The Morgan fingerprint density at radius 3 is 1.65 bits per heavy atom. The van der Waals surface area contributed by atoms with Crippen LogP contribution in [0, 0.1) is 0 Å². The number of carbonyl (C=O) groups excluding carboxylic acids is 1. The Labute approximate surface area is 101 Å². The third-order valence-corrected chi connectivity index (χ3v) is 2.86. The van der Waals surface area contributed by atoms with E-state index in [4.69, 9.17) is 0 Å². The predicted octanol–water partition coefficient (Wildman–Crippen LogP) is 3.60. The van der Waals surface area contributed by atoms with Crippen molar-refractivity contribution in [2.75, 3.05) is 0 Å². The van der Waals surface area contributed by atoms with Gasteiger partial charge in [0.2, 0.25) is 0 Å². The highest BCUT2D eigenvalue weighted by Crippen LogP contribution is 2.29. The molecular formula is C16H14O. The van der Waals surface area contributed by atoms with E-state index in [9.17, 15) is 4.79 Å². The average Bonchev–Trinajstić information content (AvgIpc) is 2.41. The monoisotopic (exact) mass is 222 g/mol. The topological polar surface area (TPSA) is 17.1 Å². The minimum absolute atomic E-state index is 0.00917. The summed E-state index contributed by atoms with van der Waals surface area (Å²) in [6.45, 7) is 1.83. The van der Waals surface area contributed by atoms with Gasteiger partial charge in [-0.1, -0.05) is 60.7 Å². The van der Waals surface area contributed by atoms with Gasteiger partial charge in [0.25, 0.3) is 0 Å². The third-order valence-electron chi connectivity index (χ3n) is 2.86. The van der Waals surface area contributed by atoms with E-state index in [-0.39, 0.29) is 5.92 Å². The van der Waals surface area contributed by atoms with E-state index in [1.807, 2.05) is 73.5 Å². The standard InChI is InChI=1S/C16H14O/c1-13(12-17)16(14-8-4-2-5-9-14)15-10-6-3-7-11-15/h2-11,16H,1H3. The minimum atomic E-state index is 0.00917. The van der Waals surface area contributed by atoms with Gasteiger partial charge in [-0.05, 0) is 18.1 Å². The van der Waals surface area contributed by atoms with Crippen molar-refractivity contribution in [1.29, 1.82) is 0 Å². The highest BCUT2D eigenvalue weighted by atomic mass is 16.1. The Bertz CT molecular complexity index is 482. The highest BCUT2D eigenvalue weighted by molar-refractivity contribution is 5.58. The van der Waals surface area contributed by atoms with Crippen molar-refractivity contribution in [3.8, 4) is 0 Å². The minimum Gasteiger partial charge on any atom is -0.234 e. The second-order valence-corrected chi connectivity index (χ2v) is 4.04. The molecule has 1 nitrogen and oxygen atoms in total. The van der Waals surface area contributed by atoms with E-state index in [0.717, 1.165) is 11.1 Å². The van der Waals surface area contributed by atoms with E-state index < -0.39 is 0 Å². The molecule has 0 aliphatic heterocycles. The molecule has 0 atom stereocenters. The molecule has 0 heterocycles. The van der Waals surface area contributed by atoms with Crippen LogP contribution in [0.15, 0.2) is 66.2 Å². The molecule has 0 saturated heterocycles. The fourth-order valence-electron chi connectivity index (χ4n) is 2.04. The molecule has 2 aromatic carbocycles. The maximum absolute atomic E-state index is 10.9. The van der Waals surface area contributed by atoms with Crippen molar-refractivity contribution >= 4 is 5.94 Å². The summed E-state index contributed by atoms with van der Waals surface area (Å²) >= 11 is 0. The van der Waals surface area contributed by atoms with Crippen LogP contribution in [-0.2, 0) is 4.79 Å². The van der Waals surface area contributed by atoms with E-state index in [1.165, 1.54) is 0 Å². The summed E-state index contributed by atoms with van der Waals surface area (Å²) in [5.41, 5.74) is 2.96. The van der Waals surface area contributed by atoms with Gasteiger partial charge in [0.15, 0.2) is 0 Å². The molecular weight excluding hydrogens is 208 g/mol. The van der Waals surface area contributed by atoms with E-state index in [1.54, 1.807) is 0 Å². The molecule has 0 aliphatic rings. The maximum atomic E-state index is 10.9. The smallest absolute Gasteiger partial charge is 0.124 e. The molecule has 0 unspecified atom stereocenters. The van der Waals surface area contributed by atoms with Gasteiger partial charge in [-0.25, -0.2) is 4.79 Å². The summed E-state index contributed by atoms with van der Waals surface area (Å²) in [7, 11) is 0. The molecule has 0 aliphatic carbocycles. The van der Waals surface area contributed by atoms with Crippen LogP contribution >= 0.6 is 0 Å². The first kappa shape index (κ1) is 11.4. The fraction of sp³-hybridized carbons (Fsp3) is 0.125. The lowest BCUT2D eigenvalue weighted by molar-refractivity contribution is 0.565. The van der Waals surface area contributed by atoms with Crippen molar-refractivity contribution < 1.29 is 4.79 Å². The van der Waals surface area contributed by atoms with Gasteiger partial charge in [0.05, 0.1) is 0 Å². The van der Waals surface area contributed by atoms with Gasteiger partial charge in [-0.15, -0.1) is 0 Å². The van der Waals surface area contributed by atoms with Crippen LogP contribution in [0.4, 0.5) is 0 Å². The first-order valence-electron chi connectivity index (χ1n) is 5.64. The second-order valence-electron chi connectivity index (χ2n) is 4.04. The Morgan fingerprint density at radius 1 is 0.882 bits per heavy atom. The zero-order chi connectivity index (χ0) is 12.1. The van der Waals surface area contributed by atoms with E-state index in [2.05, 4.69) is 0 Å². The molecule has 0 spiro atoms. The summed E-state index contributed by atoms with van der Waals surface area (Å²) in [6, 6.07) is 20.1. The predicted molar refractivity (Wildman–Crippen MR) is 69.6 cm³/mol. The van der Waals surface area contributed by atoms with Crippen molar-refractivity contribution in [3.05, 3.63) is 77.4 Å². The summed E-state index contributed by atoms with van der Waals surface area (Å²) in [5, 5.41) is 0. The average molecular weight is 222 g/mol. The molecule has 0 saturated carbocycles. The van der Waals surface area contributed by atoms with Gasteiger partial charge in [-0.2, -0.15) is 0 Å². The molecule has 2 rings (SSSR count). The molecule has 0 amide bonds. The summed E-state index contributed by atoms with van der Waals surface area (Å²) in [4.78, 5) is 10.9. The van der Waals surface area contributed by atoms with Gasteiger partial charge in [-0.3, -0.25) is 0 Å². The van der Waals surface area contributed by atoms with Gasteiger partial charge < -0.3 is 0 Å². The zero-order valence-corrected chi connectivity index (χ0v) is 9.76. The lowest BCUT2D eigenvalue weighted by atomic mass is 9.86. The normalized spacial score (nSPS) is 10.0. The van der Waals surface area contributed by atoms with Crippen LogP contribution in [0.5, 0.6) is 0 Å². The Hall–Kier alpha value is -2.11. The molecule has 0 aromatic heterocycles. The molecule has 0 N–H and O–H groups in total. The number of benzene rings is 2. The van der Waals surface area contributed by atoms with Crippen LogP contribution in [0.3, 0.4) is 0 Å². The summed E-state index contributed by atoms with van der Waals surface area (Å²) < 4.78 is 0. The Kier molecular flexibility index (Phi) is 3.54. The van der Waals surface area contributed by atoms with Crippen LogP contribution < -0.4 is 0 Å². The van der Waals surface area contributed by atoms with Crippen LogP contribution in [0.1, 0.15) is 24.0 Å². The van der Waals surface area contributed by atoms with Gasteiger partial charge >= 0.3 is 0 Å². The lowest BCUT2D eigenvalue weighted by Crippen LogP contribution is -2.03. The number of hydrogen-bond acceptors (Lipinski definition) is 1. The molecule has 17 heavy (non-hydrogen) atoms. The quantitative estimate of drug-likeness (QED) is 0.725. The maximum Gasteiger partial charge on any atom is 0.124 e. The fourth-order valence-corrected chi connectivity index (χ4v) is 2.04. The molecule has 2 aromatic rings. The van der Waals surface area contributed by atoms with Crippen molar-refractivity contribution in [3.63, 3.8) is 0 Å². The summed E-state index contributed by atoms with van der Waals surface area (Å²) in [5.74, 6) is 2.04. The zero-order valence-electron chi connectivity index (χ0n) is 9.76.